The second kappa shape index (κ2) is 3.98. The Bertz CT molecular complexity index is 359. The first kappa shape index (κ1) is 10.1. The van der Waals surface area contributed by atoms with Gasteiger partial charge in [-0.2, -0.15) is 0 Å². The number of amides is 1. The van der Waals surface area contributed by atoms with Crippen LogP contribution in [-0.4, -0.2) is 22.1 Å². The summed E-state index contributed by atoms with van der Waals surface area (Å²) >= 11 is 0. The second-order valence-electron chi connectivity index (χ2n) is 3.72. The van der Waals surface area contributed by atoms with E-state index >= 15 is 0 Å². The Hall–Kier alpha value is -1.43. The van der Waals surface area contributed by atoms with Crippen molar-refractivity contribution in [3.8, 4) is 0 Å². The lowest BCUT2D eigenvalue weighted by Gasteiger charge is -2.05. The fourth-order valence-corrected chi connectivity index (χ4v) is 1.16. The van der Waals surface area contributed by atoms with Crippen LogP contribution in [-0.2, 0) is 4.79 Å². The van der Waals surface area contributed by atoms with Crippen molar-refractivity contribution in [3.63, 3.8) is 0 Å². The van der Waals surface area contributed by atoms with Crippen molar-refractivity contribution in [1.29, 1.82) is 0 Å². The van der Waals surface area contributed by atoms with Crippen molar-refractivity contribution in [3.05, 3.63) is 5.89 Å². The van der Waals surface area contributed by atoms with E-state index in [0.29, 0.717) is 18.2 Å². The Kier molecular flexibility index (Phi) is 2.68. The van der Waals surface area contributed by atoms with E-state index < -0.39 is 6.04 Å². The second-order valence-corrected chi connectivity index (χ2v) is 3.72. The van der Waals surface area contributed by atoms with Gasteiger partial charge in [0.05, 0.1) is 6.04 Å². The van der Waals surface area contributed by atoms with Crippen LogP contribution in [0.5, 0.6) is 0 Å². The summed E-state index contributed by atoms with van der Waals surface area (Å²) < 4.78 is 5.26. The number of anilines is 1. The largest absolute Gasteiger partial charge is 0.408 e. The van der Waals surface area contributed by atoms with Crippen molar-refractivity contribution in [1.82, 2.24) is 10.2 Å². The van der Waals surface area contributed by atoms with E-state index in [-0.39, 0.29) is 11.9 Å². The fraction of sp³-hybridized carbons (Fsp3) is 0.667. The first-order valence-electron chi connectivity index (χ1n) is 5.10. The van der Waals surface area contributed by atoms with E-state index in [1.807, 2.05) is 6.92 Å². The molecule has 82 valence electrons. The lowest BCUT2D eigenvalue weighted by atomic mass is 10.2. The van der Waals surface area contributed by atoms with Gasteiger partial charge in [-0.05, 0) is 19.3 Å². The van der Waals surface area contributed by atoms with E-state index in [9.17, 15) is 4.79 Å². The van der Waals surface area contributed by atoms with Crippen LogP contribution in [0.1, 0.15) is 38.0 Å². The van der Waals surface area contributed by atoms with Gasteiger partial charge in [-0.1, -0.05) is 12.0 Å². The molecule has 1 atom stereocenters. The lowest BCUT2D eigenvalue weighted by Crippen LogP contribution is -2.34. The third-order valence-electron chi connectivity index (χ3n) is 2.37. The monoisotopic (exact) mass is 210 g/mol. The van der Waals surface area contributed by atoms with E-state index in [1.54, 1.807) is 0 Å². The van der Waals surface area contributed by atoms with E-state index in [4.69, 9.17) is 10.2 Å². The number of hydrogen-bond acceptors (Lipinski definition) is 5. The molecule has 1 unspecified atom stereocenters. The molecule has 0 radical (unpaired) electrons. The highest BCUT2D eigenvalue weighted by atomic mass is 16.4. The number of nitrogens with zero attached hydrogens (tertiary/aromatic N) is 2. The minimum absolute atomic E-state index is 0.144. The summed E-state index contributed by atoms with van der Waals surface area (Å²) in [6, 6.07) is -0.382. The van der Waals surface area contributed by atoms with Crippen molar-refractivity contribution in [2.24, 2.45) is 5.73 Å². The van der Waals surface area contributed by atoms with Gasteiger partial charge in [-0.3, -0.25) is 10.1 Å². The zero-order valence-electron chi connectivity index (χ0n) is 8.56. The molecule has 1 aromatic heterocycles. The molecule has 3 N–H and O–H groups in total. The van der Waals surface area contributed by atoms with Gasteiger partial charge in [-0.25, -0.2) is 0 Å². The van der Waals surface area contributed by atoms with Crippen LogP contribution in [0.25, 0.3) is 0 Å². The van der Waals surface area contributed by atoms with Crippen LogP contribution < -0.4 is 11.1 Å². The molecule has 0 spiro atoms. The molecule has 1 amide bonds. The van der Waals surface area contributed by atoms with E-state index in [2.05, 4.69) is 15.5 Å². The fourth-order valence-electron chi connectivity index (χ4n) is 1.16. The molecule has 0 saturated heterocycles. The molecular formula is C9H14N4O2. The maximum absolute atomic E-state index is 11.4. The van der Waals surface area contributed by atoms with E-state index in [0.717, 1.165) is 12.8 Å². The van der Waals surface area contributed by atoms with Gasteiger partial charge in [0.2, 0.25) is 11.8 Å². The summed E-state index contributed by atoms with van der Waals surface area (Å²) in [6.45, 7) is 1.84. The molecule has 1 saturated carbocycles. The number of carbonyl (C=O) groups is 1. The van der Waals surface area contributed by atoms with Crippen LogP contribution in [0, 0.1) is 0 Å². The van der Waals surface area contributed by atoms with Gasteiger partial charge in [0, 0.05) is 5.92 Å². The van der Waals surface area contributed by atoms with Crippen molar-refractivity contribution in [2.75, 3.05) is 5.32 Å². The summed E-state index contributed by atoms with van der Waals surface area (Å²) in [5.41, 5.74) is 5.54. The molecule has 1 heterocycles. The first-order valence-corrected chi connectivity index (χ1v) is 5.10. The maximum Gasteiger partial charge on any atom is 0.322 e. The summed E-state index contributed by atoms with van der Waals surface area (Å²) in [5.74, 6) is 0.710. The predicted molar refractivity (Wildman–Crippen MR) is 53.2 cm³/mol. The number of carbonyl (C=O) groups excluding carboxylic acids is 1. The molecule has 1 aromatic rings. The maximum atomic E-state index is 11.4. The highest BCUT2D eigenvalue weighted by molar-refractivity contribution is 5.92. The average molecular weight is 210 g/mol. The summed E-state index contributed by atoms with van der Waals surface area (Å²) in [7, 11) is 0. The highest BCUT2D eigenvalue weighted by Crippen LogP contribution is 2.39. The molecule has 0 bridgehead atoms. The normalized spacial score (nSPS) is 17.5. The highest BCUT2D eigenvalue weighted by Gasteiger charge is 2.29. The number of aromatic nitrogens is 2. The molecule has 15 heavy (non-hydrogen) atoms. The molecule has 1 aliphatic carbocycles. The SMILES string of the molecule is CCC(N)C(=O)Nc1nnc(C2CC2)o1. The minimum atomic E-state index is -0.527. The van der Waals surface area contributed by atoms with E-state index in [1.165, 1.54) is 0 Å². The van der Waals surface area contributed by atoms with Gasteiger partial charge < -0.3 is 10.2 Å². The predicted octanol–water partition coefficient (Wildman–Crippen LogP) is 0.623. The topological polar surface area (TPSA) is 94.0 Å². The van der Waals surface area contributed by atoms with Crippen LogP contribution in [0.2, 0.25) is 0 Å². The summed E-state index contributed by atoms with van der Waals surface area (Å²) in [4.78, 5) is 11.4. The molecule has 0 aliphatic heterocycles. The van der Waals surface area contributed by atoms with Crippen molar-refractivity contribution in [2.45, 2.75) is 38.1 Å². The smallest absolute Gasteiger partial charge is 0.322 e. The molecule has 2 rings (SSSR count). The summed E-state index contributed by atoms with van der Waals surface area (Å²) in [6.07, 6.45) is 2.75. The first-order chi connectivity index (χ1) is 7.20. The third kappa shape index (κ3) is 2.33. The van der Waals surface area contributed by atoms with Gasteiger partial charge in [0.15, 0.2) is 0 Å². The third-order valence-corrected chi connectivity index (χ3v) is 2.37. The molecule has 1 fully saturated rings. The zero-order valence-corrected chi connectivity index (χ0v) is 8.56. The van der Waals surface area contributed by atoms with Gasteiger partial charge in [-0.15, -0.1) is 5.10 Å². The molecule has 0 aromatic carbocycles. The Morgan fingerprint density at radius 1 is 1.67 bits per heavy atom. The number of nitrogens with one attached hydrogen (secondary N) is 1. The molecule has 1 aliphatic rings. The lowest BCUT2D eigenvalue weighted by molar-refractivity contribution is -0.117. The average Bonchev–Trinajstić information content (AvgIpc) is 2.99. The van der Waals surface area contributed by atoms with Crippen LogP contribution in [0.4, 0.5) is 6.01 Å². The zero-order chi connectivity index (χ0) is 10.8. The van der Waals surface area contributed by atoms with Crippen LogP contribution in [0.3, 0.4) is 0 Å². The number of nitrogens with two attached hydrogens (primary N) is 1. The number of rotatable bonds is 4. The van der Waals surface area contributed by atoms with Crippen LogP contribution >= 0.6 is 0 Å². The van der Waals surface area contributed by atoms with Gasteiger partial charge in [0.1, 0.15) is 0 Å². The Morgan fingerprint density at radius 2 is 2.40 bits per heavy atom. The molecule has 6 nitrogen and oxygen atoms in total. The van der Waals surface area contributed by atoms with Crippen LogP contribution in [0.15, 0.2) is 4.42 Å². The minimum Gasteiger partial charge on any atom is -0.408 e. The van der Waals surface area contributed by atoms with Crippen molar-refractivity contribution >= 4 is 11.9 Å². The Balaban J connectivity index is 1.95. The standard InChI is InChI=1S/C9H14N4O2/c1-2-6(10)7(14)11-9-13-12-8(15-9)5-3-4-5/h5-6H,2-4,10H2,1H3,(H,11,13,14). The Morgan fingerprint density at radius 3 is 3.00 bits per heavy atom. The Labute approximate surface area is 87.2 Å². The van der Waals surface area contributed by atoms with Gasteiger partial charge >= 0.3 is 6.01 Å². The summed E-state index contributed by atoms with van der Waals surface area (Å²) in [5, 5.41) is 10.1. The quantitative estimate of drug-likeness (QED) is 0.759. The van der Waals surface area contributed by atoms with Gasteiger partial charge in [0.25, 0.3) is 0 Å². The van der Waals surface area contributed by atoms with Crippen molar-refractivity contribution < 1.29 is 9.21 Å². The number of hydrogen-bond donors (Lipinski definition) is 2. The molecular weight excluding hydrogens is 196 g/mol. The molecule has 6 heteroatoms.